The number of hydrogen-bond donors (Lipinski definition) is 9. The van der Waals surface area contributed by atoms with E-state index < -0.39 is 46.1 Å². The van der Waals surface area contributed by atoms with Crippen LogP contribution in [-0.4, -0.2) is 94.0 Å². The predicted octanol–water partition coefficient (Wildman–Crippen LogP) is 9.44. The first-order chi connectivity index (χ1) is 36.3. The number of nitrogens with one attached hydrogen (secondary N) is 1. The molecule has 2 atom stereocenters. The molecular formula is C47H52B2Br4N8O16S2. The molecule has 9 N–H and O–H groups in total. The molecule has 0 saturated carbocycles. The second-order valence-electron chi connectivity index (χ2n) is 15.2. The fourth-order valence-corrected chi connectivity index (χ4v) is 8.94. The lowest BCUT2D eigenvalue weighted by molar-refractivity contribution is -0.396. The number of H-pyrrole nitrogens is 1. The molecule has 24 nitrogen and oxygen atoms in total. The van der Waals surface area contributed by atoms with Crippen LogP contribution in [0.1, 0.15) is 63.2 Å². The molecule has 0 radical (unpaired) electrons. The number of nitrogens with zero attached hydrogens (tertiary/aromatic N) is 7. The van der Waals surface area contributed by atoms with Crippen molar-refractivity contribution in [3.05, 3.63) is 202 Å². The van der Waals surface area contributed by atoms with Crippen molar-refractivity contribution in [2.24, 2.45) is 7.05 Å². The molecule has 79 heavy (non-hydrogen) atoms. The third kappa shape index (κ3) is 23.0. The Labute approximate surface area is 494 Å². The Balaban J connectivity index is 0.000000480. The number of aromatic nitrogens is 4. The minimum absolute atomic E-state index is 0. The van der Waals surface area contributed by atoms with Gasteiger partial charge < -0.3 is 60.8 Å². The Kier molecular flexibility index (Phi) is 31.4. The zero-order valence-electron chi connectivity index (χ0n) is 40.1. The fourth-order valence-electron chi connectivity index (χ4n) is 5.76. The van der Waals surface area contributed by atoms with E-state index in [0.717, 1.165) is 64.7 Å². The van der Waals surface area contributed by atoms with Crippen molar-refractivity contribution in [2.45, 2.75) is 54.1 Å². The van der Waals surface area contributed by atoms with E-state index in [1.165, 1.54) is 16.7 Å². The summed E-state index contributed by atoms with van der Waals surface area (Å²) in [5.74, 6) is -0.498. The van der Waals surface area contributed by atoms with Crippen LogP contribution in [0.3, 0.4) is 0 Å². The third-order valence-electron chi connectivity index (χ3n) is 9.75. The van der Waals surface area contributed by atoms with Gasteiger partial charge >= 0.3 is 36.1 Å². The Hall–Kier alpha value is -5.97. The average Bonchev–Trinajstić information content (AvgIpc) is 4.22. The van der Waals surface area contributed by atoms with Crippen molar-refractivity contribution in [1.82, 2.24) is 19.5 Å². The number of aliphatic hydroxyl groups excluding tert-OH is 4. The van der Waals surface area contributed by atoms with Crippen molar-refractivity contribution in [2.75, 3.05) is 0 Å². The maximum atomic E-state index is 10.8. The first kappa shape index (κ1) is 71.0. The summed E-state index contributed by atoms with van der Waals surface area (Å²) in [4.78, 5) is 50.1. The molecule has 0 amide bonds. The van der Waals surface area contributed by atoms with E-state index >= 15 is 0 Å². The molecule has 4 aromatic heterocycles. The molecule has 8 aromatic rings. The molecule has 4 aromatic carbocycles. The number of hydrogen-bond acceptors (Lipinski definition) is 20. The predicted molar refractivity (Wildman–Crippen MR) is 318 cm³/mol. The second-order valence-corrected chi connectivity index (χ2v) is 21.0. The lowest BCUT2D eigenvalue weighted by atomic mass is 9.80. The van der Waals surface area contributed by atoms with Crippen LogP contribution >= 0.6 is 86.4 Å². The first-order valence-electron chi connectivity index (χ1n) is 21.5. The molecule has 2 unspecified atom stereocenters. The number of nitro groups is 4. The van der Waals surface area contributed by atoms with Gasteiger partial charge in [-0.3, -0.25) is 20.2 Å². The van der Waals surface area contributed by atoms with Crippen LogP contribution in [0.25, 0.3) is 21.7 Å². The van der Waals surface area contributed by atoms with Gasteiger partial charge in [0.25, 0.3) is 0 Å². The van der Waals surface area contributed by atoms with Gasteiger partial charge in [-0.1, -0.05) is 145 Å². The highest BCUT2D eigenvalue weighted by Gasteiger charge is 2.24. The summed E-state index contributed by atoms with van der Waals surface area (Å²) in [7, 11) is -1.28. The highest BCUT2D eigenvalue weighted by atomic mass is 79.9. The van der Waals surface area contributed by atoms with Crippen LogP contribution < -0.4 is 10.9 Å². The maximum Gasteiger partial charge on any atom is 0.488 e. The van der Waals surface area contributed by atoms with Gasteiger partial charge in [0.1, 0.15) is 0 Å². The molecule has 8 rings (SSSR count). The Morgan fingerprint density at radius 2 is 0.987 bits per heavy atom. The molecule has 422 valence electrons. The molecule has 32 heteroatoms. The van der Waals surface area contributed by atoms with Gasteiger partial charge in [-0.05, 0) is 138 Å². The Morgan fingerprint density at radius 3 is 1.30 bits per heavy atom. The van der Waals surface area contributed by atoms with Crippen LogP contribution in [0.2, 0.25) is 0 Å². The molecule has 0 aliphatic heterocycles. The smallest absolute Gasteiger partial charge is 0.423 e. The first-order valence-corrected chi connectivity index (χ1v) is 26.3. The van der Waals surface area contributed by atoms with Gasteiger partial charge in [0.15, 0.2) is 10.3 Å². The van der Waals surface area contributed by atoms with E-state index in [9.17, 15) is 45.6 Å². The summed E-state index contributed by atoms with van der Waals surface area (Å²) in [6, 6.07) is 33.7. The summed E-state index contributed by atoms with van der Waals surface area (Å²) in [6.07, 6.45) is -1.02. The van der Waals surface area contributed by atoms with Crippen molar-refractivity contribution >= 4 is 133 Å². The van der Waals surface area contributed by atoms with Gasteiger partial charge in [-0.15, -0.1) is 0 Å². The average molecular weight is 1390 g/mol. The van der Waals surface area contributed by atoms with Crippen LogP contribution in [0.4, 0.5) is 21.9 Å². The van der Waals surface area contributed by atoms with E-state index in [1.807, 2.05) is 24.3 Å². The minimum Gasteiger partial charge on any atom is -0.423 e. The SMILES string of the molecule is C.C.CC(O)c1ccc(-c2ccc([N+](=O)[O-])s2)cc1.CC(O)c1ccc(B(O)O)cc1.Cn1c([N+](=O)[O-])nc(Br)c1-c1ccc(CO)cc1.O=[N+]([O-])c1ccc(Br)s1.O=[N+]([O-])c1nc(Br)c(Br)[nH]1.OCc1ccc(B(O)O)cc1. The third-order valence-corrected chi connectivity index (χ3v) is 14.6. The summed E-state index contributed by atoms with van der Waals surface area (Å²) in [5.41, 5.74) is 6.35. The highest BCUT2D eigenvalue weighted by molar-refractivity contribution is 9.13. The molecule has 0 spiro atoms. The van der Waals surface area contributed by atoms with E-state index in [4.69, 9.17) is 35.4 Å². The van der Waals surface area contributed by atoms with Gasteiger partial charge in [-0.25, -0.2) is 9.55 Å². The Bertz CT molecular complexity index is 3120. The van der Waals surface area contributed by atoms with Crippen LogP contribution in [0.15, 0.2) is 139 Å². The number of aromatic amines is 1. The number of rotatable bonds is 12. The number of thiophene rings is 2. The number of halogens is 4. The lowest BCUT2D eigenvalue weighted by Gasteiger charge is -2.05. The zero-order chi connectivity index (χ0) is 57.7. The minimum atomic E-state index is -1.44. The van der Waals surface area contributed by atoms with Crippen molar-refractivity contribution < 1.29 is 60.2 Å². The second kappa shape index (κ2) is 34.9. The summed E-state index contributed by atoms with van der Waals surface area (Å²) < 4.78 is 3.50. The van der Waals surface area contributed by atoms with E-state index in [-0.39, 0.29) is 50.0 Å². The number of imidazole rings is 2. The summed E-state index contributed by atoms with van der Waals surface area (Å²) >= 11 is 14.6. The maximum absolute atomic E-state index is 10.8. The molecule has 0 aliphatic carbocycles. The van der Waals surface area contributed by atoms with Crippen molar-refractivity contribution in [3.8, 4) is 21.7 Å². The van der Waals surface area contributed by atoms with Crippen molar-refractivity contribution in [3.63, 3.8) is 0 Å². The van der Waals surface area contributed by atoms with Gasteiger partial charge in [0.05, 0.1) is 46.1 Å². The topological polar surface area (TPSA) is 381 Å². The van der Waals surface area contributed by atoms with Gasteiger partial charge in [0.2, 0.25) is 9.21 Å². The largest absolute Gasteiger partial charge is 0.488 e. The van der Waals surface area contributed by atoms with E-state index in [1.54, 1.807) is 106 Å². The lowest BCUT2D eigenvalue weighted by Crippen LogP contribution is -2.29. The molecular weight excluding hydrogens is 1340 g/mol. The quantitative estimate of drug-likeness (QED) is 0.0312. The van der Waals surface area contributed by atoms with Gasteiger partial charge in [0, 0.05) is 22.6 Å². The normalized spacial score (nSPS) is 10.7. The molecule has 0 aliphatic rings. The molecule has 4 heterocycles. The van der Waals surface area contributed by atoms with E-state index in [2.05, 4.69) is 78.7 Å². The fraction of sp³-hybridized carbons (Fsp3) is 0.191. The van der Waals surface area contributed by atoms with E-state index in [0.29, 0.717) is 30.4 Å². The van der Waals surface area contributed by atoms with Crippen LogP contribution in [-0.2, 0) is 20.3 Å². The molecule has 0 bridgehead atoms. The summed E-state index contributed by atoms with van der Waals surface area (Å²) in [5, 5.41) is 113. The Morgan fingerprint density at radius 1 is 0.570 bits per heavy atom. The van der Waals surface area contributed by atoms with Crippen LogP contribution in [0, 0.1) is 40.5 Å². The van der Waals surface area contributed by atoms with Crippen molar-refractivity contribution in [1.29, 1.82) is 0 Å². The monoisotopic (exact) mass is 1390 g/mol. The highest BCUT2D eigenvalue weighted by Crippen LogP contribution is 2.34. The zero-order valence-corrected chi connectivity index (χ0v) is 48.1. The standard InChI is InChI=1S/C12H11NO3S.C11H10BrN3O3.C8H11BO3.C7H9BO3.C4H2BrNO2S.C3HBr2N3O2.2CH4/c1-8(14)9-2-4-10(5-3-9)11-6-7-12(17-11)13(15)16;1-14-9(10(12)13-11(14)15(17)18)8-4-2-7(6-16)3-5-8;1-6(10)7-2-4-8(5-3-7)9(11)12;9-5-6-1-3-7(4-2-6)8(10)11;5-3-1-2-4(9-3)6(7)8;4-1-2(5)7-3(6-1)8(9)10;;/h2-8,14H,1H3;2-5,16H,6H2,1H3;2-6,10-12H,1H3;1-4,9-11H,5H2;1-2H;(H,6,7);2*1H4. The number of aliphatic hydroxyl groups is 4. The number of benzene rings is 4. The molecule has 0 saturated heterocycles. The van der Waals surface area contributed by atoms with Gasteiger partial charge in [-0.2, -0.15) is 0 Å². The molecule has 0 fully saturated rings. The summed E-state index contributed by atoms with van der Waals surface area (Å²) in [6.45, 7) is 3.30. The van der Waals surface area contributed by atoms with Crippen LogP contribution in [0.5, 0.6) is 0 Å².